The molecule has 0 spiro atoms. The number of allylic oxidation sites excluding steroid dienone is 2. The van der Waals surface area contributed by atoms with Crippen molar-refractivity contribution in [1.29, 1.82) is 0 Å². The zero-order valence-corrected chi connectivity index (χ0v) is 11.6. The Bertz CT molecular complexity index is 298. The Kier molecular flexibility index (Phi) is 6.37. The Hall–Kier alpha value is -0.870. The SMILES string of the molecule is O=C(CC1C=CCC1)NCCCOCC1CCCO1. The van der Waals surface area contributed by atoms with Gasteiger partial charge in [0.1, 0.15) is 0 Å². The molecular weight excluding hydrogens is 242 g/mol. The van der Waals surface area contributed by atoms with Crippen LogP contribution in [0.2, 0.25) is 0 Å². The maximum Gasteiger partial charge on any atom is 0.220 e. The highest BCUT2D eigenvalue weighted by atomic mass is 16.5. The minimum atomic E-state index is 0.163. The average Bonchev–Trinajstić information content (AvgIpc) is 3.06. The molecule has 1 saturated heterocycles. The molecular formula is C15H25NO3. The van der Waals surface area contributed by atoms with Gasteiger partial charge in [-0.05, 0) is 38.0 Å². The van der Waals surface area contributed by atoms with E-state index < -0.39 is 0 Å². The van der Waals surface area contributed by atoms with Gasteiger partial charge in [0, 0.05) is 26.2 Å². The van der Waals surface area contributed by atoms with Crippen LogP contribution in [0.15, 0.2) is 12.2 Å². The molecule has 1 fully saturated rings. The first-order valence-electron chi connectivity index (χ1n) is 7.47. The standard InChI is InChI=1S/C15H25NO3/c17-15(11-13-5-1-2-6-13)16-8-4-9-18-12-14-7-3-10-19-14/h1,5,13-14H,2-4,6-12H2,(H,16,17). The number of carbonyl (C=O) groups excluding carboxylic acids is 1. The number of hydrogen-bond donors (Lipinski definition) is 1. The van der Waals surface area contributed by atoms with Crippen LogP contribution < -0.4 is 5.32 Å². The van der Waals surface area contributed by atoms with Crippen LogP contribution in [0.4, 0.5) is 0 Å². The number of nitrogens with one attached hydrogen (secondary N) is 1. The van der Waals surface area contributed by atoms with E-state index in [0.29, 0.717) is 38.2 Å². The molecule has 0 saturated carbocycles. The van der Waals surface area contributed by atoms with Crippen molar-refractivity contribution in [2.24, 2.45) is 5.92 Å². The molecule has 1 amide bonds. The van der Waals surface area contributed by atoms with Gasteiger partial charge in [-0.25, -0.2) is 0 Å². The molecule has 2 rings (SSSR count). The van der Waals surface area contributed by atoms with Crippen molar-refractivity contribution in [1.82, 2.24) is 5.32 Å². The van der Waals surface area contributed by atoms with E-state index in [4.69, 9.17) is 9.47 Å². The highest BCUT2D eigenvalue weighted by Crippen LogP contribution is 2.19. The second-order valence-electron chi connectivity index (χ2n) is 5.38. The van der Waals surface area contributed by atoms with Gasteiger partial charge in [-0.15, -0.1) is 0 Å². The summed E-state index contributed by atoms with van der Waals surface area (Å²) in [6, 6.07) is 0. The van der Waals surface area contributed by atoms with Crippen molar-refractivity contribution in [3.63, 3.8) is 0 Å². The van der Waals surface area contributed by atoms with Gasteiger partial charge in [0.05, 0.1) is 12.7 Å². The molecule has 4 nitrogen and oxygen atoms in total. The van der Waals surface area contributed by atoms with Crippen molar-refractivity contribution < 1.29 is 14.3 Å². The van der Waals surface area contributed by atoms with E-state index in [0.717, 1.165) is 38.7 Å². The minimum Gasteiger partial charge on any atom is -0.379 e. The lowest BCUT2D eigenvalue weighted by Crippen LogP contribution is -2.27. The number of ether oxygens (including phenoxy) is 2. The van der Waals surface area contributed by atoms with Crippen LogP contribution in [0.25, 0.3) is 0 Å². The molecule has 2 unspecified atom stereocenters. The lowest BCUT2D eigenvalue weighted by atomic mass is 10.1. The van der Waals surface area contributed by atoms with E-state index in [1.54, 1.807) is 0 Å². The highest BCUT2D eigenvalue weighted by Gasteiger charge is 2.15. The lowest BCUT2D eigenvalue weighted by molar-refractivity contribution is -0.121. The van der Waals surface area contributed by atoms with Gasteiger partial charge < -0.3 is 14.8 Å². The fraction of sp³-hybridized carbons (Fsp3) is 0.800. The summed E-state index contributed by atoms with van der Waals surface area (Å²) < 4.78 is 11.0. The third kappa shape index (κ3) is 5.74. The molecule has 0 aromatic rings. The van der Waals surface area contributed by atoms with Crippen LogP contribution in [0.5, 0.6) is 0 Å². The molecule has 2 atom stereocenters. The molecule has 1 aliphatic heterocycles. The number of amides is 1. The quantitative estimate of drug-likeness (QED) is 0.541. The zero-order valence-electron chi connectivity index (χ0n) is 11.6. The molecule has 0 aromatic heterocycles. The number of rotatable bonds is 8. The summed E-state index contributed by atoms with van der Waals surface area (Å²) in [5, 5.41) is 2.95. The summed E-state index contributed by atoms with van der Waals surface area (Å²) in [4.78, 5) is 11.6. The average molecular weight is 267 g/mol. The third-order valence-corrected chi connectivity index (χ3v) is 3.68. The van der Waals surface area contributed by atoms with Crippen LogP contribution >= 0.6 is 0 Å². The summed E-state index contributed by atoms with van der Waals surface area (Å²) in [7, 11) is 0. The van der Waals surface area contributed by atoms with Crippen LogP contribution in [0, 0.1) is 5.92 Å². The van der Waals surface area contributed by atoms with Crippen molar-refractivity contribution in [3.8, 4) is 0 Å². The molecule has 1 aliphatic carbocycles. The molecule has 1 N–H and O–H groups in total. The maximum atomic E-state index is 11.6. The molecule has 4 heteroatoms. The summed E-state index contributed by atoms with van der Waals surface area (Å²) in [6.07, 6.45) is 10.6. The summed E-state index contributed by atoms with van der Waals surface area (Å²) in [6.45, 7) is 2.98. The van der Waals surface area contributed by atoms with Crippen molar-refractivity contribution in [2.75, 3.05) is 26.4 Å². The number of hydrogen-bond acceptors (Lipinski definition) is 3. The van der Waals surface area contributed by atoms with Gasteiger partial charge in [0.25, 0.3) is 0 Å². The molecule has 0 bridgehead atoms. The first-order valence-corrected chi connectivity index (χ1v) is 7.47. The Morgan fingerprint density at radius 1 is 1.42 bits per heavy atom. The van der Waals surface area contributed by atoms with E-state index in [1.807, 2.05) is 0 Å². The summed E-state index contributed by atoms with van der Waals surface area (Å²) in [5.41, 5.74) is 0. The topological polar surface area (TPSA) is 47.6 Å². The normalized spacial score (nSPS) is 25.9. The lowest BCUT2D eigenvalue weighted by Gasteiger charge is -2.11. The van der Waals surface area contributed by atoms with Gasteiger partial charge >= 0.3 is 0 Å². The highest BCUT2D eigenvalue weighted by molar-refractivity contribution is 5.76. The Morgan fingerprint density at radius 3 is 3.11 bits per heavy atom. The minimum absolute atomic E-state index is 0.163. The van der Waals surface area contributed by atoms with Gasteiger partial charge in [0.15, 0.2) is 0 Å². The zero-order chi connectivity index (χ0) is 13.3. The van der Waals surface area contributed by atoms with E-state index in [1.165, 1.54) is 0 Å². The summed E-state index contributed by atoms with van der Waals surface area (Å²) >= 11 is 0. The van der Waals surface area contributed by atoms with Gasteiger partial charge in [0.2, 0.25) is 5.91 Å². The smallest absolute Gasteiger partial charge is 0.220 e. The van der Waals surface area contributed by atoms with E-state index in [9.17, 15) is 4.79 Å². The number of carbonyl (C=O) groups is 1. The van der Waals surface area contributed by atoms with E-state index in [2.05, 4.69) is 17.5 Å². The van der Waals surface area contributed by atoms with Gasteiger partial charge in [-0.1, -0.05) is 12.2 Å². The van der Waals surface area contributed by atoms with Crippen LogP contribution in [0.1, 0.15) is 38.5 Å². The second-order valence-corrected chi connectivity index (χ2v) is 5.38. The van der Waals surface area contributed by atoms with Crippen molar-refractivity contribution in [2.45, 2.75) is 44.6 Å². The Labute approximate surface area is 115 Å². The van der Waals surface area contributed by atoms with Crippen molar-refractivity contribution >= 4 is 5.91 Å². The molecule has 19 heavy (non-hydrogen) atoms. The molecule has 0 aromatic carbocycles. The fourth-order valence-electron chi connectivity index (χ4n) is 2.57. The summed E-state index contributed by atoms with van der Waals surface area (Å²) in [5.74, 6) is 0.617. The largest absolute Gasteiger partial charge is 0.379 e. The second kappa shape index (κ2) is 8.33. The van der Waals surface area contributed by atoms with Crippen LogP contribution in [-0.2, 0) is 14.3 Å². The maximum absolute atomic E-state index is 11.6. The predicted octanol–water partition coefficient (Wildman–Crippen LogP) is 2.04. The fourth-order valence-corrected chi connectivity index (χ4v) is 2.57. The van der Waals surface area contributed by atoms with Crippen LogP contribution in [0.3, 0.4) is 0 Å². The molecule has 108 valence electrons. The van der Waals surface area contributed by atoms with E-state index >= 15 is 0 Å². The molecule has 1 heterocycles. The monoisotopic (exact) mass is 267 g/mol. The van der Waals surface area contributed by atoms with Crippen molar-refractivity contribution in [3.05, 3.63) is 12.2 Å². The molecule has 2 aliphatic rings. The predicted molar refractivity (Wildman–Crippen MR) is 73.9 cm³/mol. The Balaban J connectivity index is 1.40. The van der Waals surface area contributed by atoms with Gasteiger partial charge in [-0.2, -0.15) is 0 Å². The van der Waals surface area contributed by atoms with Crippen LogP contribution in [-0.4, -0.2) is 38.4 Å². The first kappa shape index (κ1) is 14.5. The molecule has 0 radical (unpaired) electrons. The van der Waals surface area contributed by atoms with Gasteiger partial charge in [-0.3, -0.25) is 4.79 Å². The van der Waals surface area contributed by atoms with E-state index in [-0.39, 0.29) is 5.91 Å². The Morgan fingerprint density at radius 2 is 2.37 bits per heavy atom. The third-order valence-electron chi connectivity index (χ3n) is 3.68. The first-order chi connectivity index (χ1) is 9.34.